The molecule has 100 valence electrons. The molecular weight excluding hydrogens is 210 g/mol. The summed E-state index contributed by atoms with van der Waals surface area (Å²) in [5.41, 5.74) is -0.0327. The van der Waals surface area contributed by atoms with Gasteiger partial charge in [0.1, 0.15) is 5.78 Å². The molecule has 2 atom stereocenters. The number of carbonyl (C=O) groups excluding carboxylic acids is 1. The Balaban J connectivity index is 2.59. The Morgan fingerprint density at radius 2 is 2.12 bits per heavy atom. The maximum absolute atomic E-state index is 12.6. The highest BCUT2D eigenvalue weighted by atomic mass is 16.1. The summed E-state index contributed by atoms with van der Waals surface area (Å²) in [6, 6.07) is 0. The quantitative estimate of drug-likeness (QED) is 0.736. The van der Waals surface area contributed by atoms with Crippen LogP contribution in [-0.2, 0) is 4.79 Å². The summed E-state index contributed by atoms with van der Waals surface area (Å²) in [7, 11) is 0. The van der Waals surface area contributed by atoms with E-state index in [4.69, 9.17) is 0 Å². The van der Waals surface area contributed by atoms with E-state index in [0.717, 1.165) is 45.2 Å². The largest absolute Gasteiger partial charge is 0.316 e. The standard InChI is InChI=1S/C15H29NO/c1-4-7-13(3)11-14(17)15(8-5-2)9-6-10-16-12-15/h13,16H,4-12H2,1-3H3. The molecule has 0 bridgehead atoms. The van der Waals surface area contributed by atoms with Crippen LogP contribution in [0.1, 0.15) is 65.7 Å². The van der Waals surface area contributed by atoms with Gasteiger partial charge >= 0.3 is 0 Å². The predicted molar refractivity (Wildman–Crippen MR) is 73.1 cm³/mol. The van der Waals surface area contributed by atoms with Crippen molar-refractivity contribution >= 4 is 5.78 Å². The Morgan fingerprint density at radius 3 is 2.65 bits per heavy atom. The van der Waals surface area contributed by atoms with Gasteiger partial charge in [0, 0.05) is 18.4 Å². The smallest absolute Gasteiger partial charge is 0.140 e. The van der Waals surface area contributed by atoms with Gasteiger partial charge in [-0.1, -0.05) is 40.0 Å². The van der Waals surface area contributed by atoms with Crippen LogP contribution in [0.15, 0.2) is 0 Å². The first-order valence-corrected chi connectivity index (χ1v) is 7.38. The van der Waals surface area contributed by atoms with Gasteiger partial charge < -0.3 is 5.32 Å². The van der Waals surface area contributed by atoms with E-state index in [1.54, 1.807) is 0 Å². The lowest BCUT2D eigenvalue weighted by atomic mass is 9.71. The molecule has 1 N–H and O–H groups in total. The summed E-state index contributed by atoms with van der Waals surface area (Å²) in [5.74, 6) is 1.08. The summed E-state index contributed by atoms with van der Waals surface area (Å²) >= 11 is 0. The lowest BCUT2D eigenvalue weighted by Gasteiger charge is -2.37. The summed E-state index contributed by atoms with van der Waals surface area (Å²) < 4.78 is 0. The van der Waals surface area contributed by atoms with Crippen LogP contribution in [0.25, 0.3) is 0 Å². The zero-order valence-corrected chi connectivity index (χ0v) is 11.8. The van der Waals surface area contributed by atoms with Gasteiger partial charge in [-0.05, 0) is 31.7 Å². The molecule has 0 radical (unpaired) electrons. The fourth-order valence-electron chi connectivity index (χ4n) is 3.17. The molecule has 1 heterocycles. The molecule has 1 aliphatic rings. The maximum atomic E-state index is 12.6. The number of piperidine rings is 1. The molecule has 2 nitrogen and oxygen atoms in total. The first-order valence-electron chi connectivity index (χ1n) is 7.38. The SMILES string of the molecule is CCCC(C)CC(=O)C1(CCC)CCCNC1. The van der Waals surface area contributed by atoms with Crippen LogP contribution in [0.5, 0.6) is 0 Å². The summed E-state index contributed by atoms with van der Waals surface area (Å²) in [6.07, 6.45) is 7.61. The van der Waals surface area contributed by atoms with E-state index in [1.807, 2.05) is 0 Å². The number of hydrogen-bond donors (Lipinski definition) is 1. The molecule has 17 heavy (non-hydrogen) atoms. The molecular formula is C15H29NO. The van der Waals surface area contributed by atoms with Gasteiger partial charge in [0.25, 0.3) is 0 Å². The molecule has 2 unspecified atom stereocenters. The van der Waals surface area contributed by atoms with Gasteiger partial charge in [0.15, 0.2) is 0 Å². The molecule has 0 spiro atoms. The van der Waals surface area contributed by atoms with E-state index in [-0.39, 0.29) is 5.41 Å². The summed E-state index contributed by atoms with van der Waals surface area (Å²) in [5, 5.41) is 3.43. The topological polar surface area (TPSA) is 29.1 Å². The molecule has 1 fully saturated rings. The molecule has 0 aromatic carbocycles. The first-order chi connectivity index (χ1) is 8.14. The van der Waals surface area contributed by atoms with Crippen molar-refractivity contribution in [2.24, 2.45) is 11.3 Å². The minimum Gasteiger partial charge on any atom is -0.316 e. The third-order valence-electron chi connectivity index (χ3n) is 4.11. The van der Waals surface area contributed by atoms with Crippen LogP contribution in [0.4, 0.5) is 0 Å². The first kappa shape index (κ1) is 14.7. The van der Waals surface area contributed by atoms with Crippen LogP contribution in [0, 0.1) is 11.3 Å². The van der Waals surface area contributed by atoms with E-state index < -0.39 is 0 Å². The summed E-state index contributed by atoms with van der Waals surface area (Å²) in [6.45, 7) is 8.61. The Bertz CT molecular complexity index is 226. The highest BCUT2D eigenvalue weighted by molar-refractivity contribution is 5.85. The van der Waals surface area contributed by atoms with E-state index in [9.17, 15) is 4.79 Å². The average Bonchev–Trinajstić information content (AvgIpc) is 2.30. The zero-order valence-electron chi connectivity index (χ0n) is 11.8. The molecule has 1 rings (SSSR count). The van der Waals surface area contributed by atoms with Gasteiger partial charge in [0.05, 0.1) is 0 Å². The van der Waals surface area contributed by atoms with Crippen molar-refractivity contribution in [3.63, 3.8) is 0 Å². The highest BCUT2D eigenvalue weighted by Crippen LogP contribution is 2.35. The highest BCUT2D eigenvalue weighted by Gasteiger charge is 2.38. The molecule has 0 amide bonds. The fraction of sp³-hybridized carbons (Fsp3) is 0.933. The minimum absolute atomic E-state index is 0.0327. The molecule has 0 aromatic rings. The minimum atomic E-state index is -0.0327. The lowest BCUT2D eigenvalue weighted by Crippen LogP contribution is -2.45. The molecule has 1 aliphatic heterocycles. The van der Waals surface area contributed by atoms with Crippen LogP contribution in [0.3, 0.4) is 0 Å². The van der Waals surface area contributed by atoms with Gasteiger partial charge in [-0.3, -0.25) is 4.79 Å². The number of hydrogen-bond acceptors (Lipinski definition) is 2. The Labute approximate surface area is 107 Å². The van der Waals surface area contributed by atoms with Gasteiger partial charge in [0.2, 0.25) is 0 Å². The molecule has 0 aliphatic carbocycles. The van der Waals surface area contributed by atoms with Crippen molar-refractivity contribution in [1.82, 2.24) is 5.32 Å². The molecule has 0 saturated carbocycles. The second kappa shape index (κ2) is 7.15. The van der Waals surface area contributed by atoms with E-state index in [2.05, 4.69) is 26.1 Å². The predicted octanol–water partition coefficient (Wildman–Crippen LogP) is 3.55. The lowest BCUT2D eigenvalue weighted by molar-refractivity contribution is -0.131. The average molecular weight is 239 g/mol. The normalized spacial score (nSPS) is 26.8. The van der Waals surface area contributed by atoms with Crippen molar-refractivity contribution in [3.05, 3.63) is 0 Å². The van der Waals surface area contributed by atoms with Crippen molar-refractivity contribution < 1.29 is 4.79 Å². The Kier molecular flexibility index (Phi) is 6.18. The number of nitrogens with one attached hydrogen (secondary N) is 1. The fourth-order valence-corrected chi connectivity index (χ4v) is 3.17. The third-order valence-corrected chi connectivity index (χ3v) is 4.11. The van der Waals surface area contributed by atoms with Crippen molar-refractivity contribution in [3.8, 4) is 0 Å². The molecule has 2 heteroatoms. The van der Waals surface area contributed by atoms with Crippen LogP contribution in [-0.4, -0.2) is 18.9 Å². The van der Waals surface area contributed by atoms with Crippen molar-refractivity contribution in [1.29, 1.82) is 0 Å². The summed E-state index contributed by atoms with van der Waals surface area (Å²) in [4.78, 5) is 12.6. The van der Waals surface area contributed by atoms with Crippen molar-refractivity contribution in [2.75, 3.05) is 13.1 Å². The van der Waals surface area contributed by atoms with Crippen LogP contribution < -0.4 is 5.32 Å². The van der Waals surface area contributed by atoms with Crippen molar-refractivity contribution in [2.45, 2.75) is 65.7 Å². The Morgan fingerprint density at radius 1 is 1.35 bits per heavy atom. The number of Topliss-reactive ketones (excluding diaryl/α,β-unsaturated/α-hetero) is 1. The molecule has 0 aromatic heterocycles. The monoisotopic (exact) mass is 239 g/mol. The third kappa shape index (κ3) is 4.09. The number of carbonyl (C=O) groups is 1. The Hall–Kier alpha value is -0.370. The van der Waals surface area contributed by atoms with E-state index in [0.29, 0.717) is 11.7 Å². The van der Waals surface area contributed by atoms with Gasteiger partial charge in [-0.15, -0.1) is 0 Å². The van der Waals surface area contributed by atoms with Crippen LogP contribution in [0.2, 0.25) is 0 Å². The number of rotatable bonds is 7. The second-order valence-electron chi connectivity index (χ2n) is 5.83. The van der Waals surface area contributed by atoms with Gasteiger partial charge in [-0.2, -0.15) is 0 Å². The second-order valence-corrected chi connectivity index (χ2v) is 5.83. The number of ketones is 1. The van der Waals surface area contributed by atoms with Crippen LogP contribution >= 0.6 is 0 Å². The zero-order chi connectivity index (χ0) is 12.7. The van der Waals surface area contributed by atoms with Gasteiger partial charge in [-0.25, -0.2) is 0 Å². The maximum Gasteiger partial charge on any atom is 0.140 e. The van der Waals surface area contributed by atoms with E-state index in [1.165, 1.54) is 12.8 Å². The van der Waals surface area contributed by atoms with E-state index >= 15 is 0 Å². The molecule has 1 saturated heterocycles.